The van der Waals surface area contributed by atoms with Gasteiger partial charge in [-0.25, -0.2) is 0 Å². The summed E-state index contributed by atoms with van der Waals surface area (Å²) in [6.07, 6.45) is 0.152. The highest BCUT2D eigenvalue weighted by Gasteiger charge is 2.21. The molecule has 0 aromatic heterocycles. The van der Waals surface area contributed by atoms with Gasteiger partial charge in [-0.2, -0.15) is 0 Å². The van der Waals surface area contributed by atoms with Crippen LogP contribution in [0.2, 0.25) is 0 Å². The number of benzene rings is 1. The minimum Gasteiger partial charge on any atom is -0.258 e. The summed E-state index contributed by atoms with van der Waals surface area (Å²) in [4.78, 5) is 10.2. The van der Waals surface area contributed by atoms with Crippen molar-refractivity contribution in [3.63, 3.8) is 0 Å². The lowest BCUT2D eigenvalue weighted by atomic mass is 10.1. The number of nitro benzene ring substituents is 1. The molecule has 0 bridgehead atoms. The quantitative estimate of drug-likeness (QED) is 0.465. The molecule has 0 aliphatic rings. The van der Waals surface area contributed by atoms with Crippen molar-refractivity contribution in [2.45, 2.75) is 17.1 Å². The molecule has 0 aliphatic carbocycles. The largest absolute Gasteiger partial charge is 0.272 e. The predicted octanol–water partition coefficient (Wildman–Crippen LogP) is 3.82. The summed E-state index contributed by atoms with van der Waals surface area (Å²) < 4.78 is -1.43. The Bertz CT molecular complexity index is 387. The Morgan fingerprint density at radius 1 is 1.40 bits per heavy atom. The van der Waals surface area contributed by atoms with Gasteiger partial charge in [0.25, 0.3) is 5.69 Å². The summed E-state index contributed by atoms with van der Waals surface area (Å²) in [7, 11) is 0. The van der Waals surface area contributed by atoms with E-state index in [2.05, 4.69) is 0 Å². The number of nitro groups is 1. The van der Waals surface area contributed by atoms with E-state index >= 15 is 0 Å². The highest BCUT2D eigenvalue weighted by Crippen LogP contribution is 2.31. The fourth-order valence-corrected chi connectivity index (χ4v) is 1.66. The molecule has 0 fully saturated rings. The summed E-state index contributed by atoms with van der Waals surface area (Å²) >= 11 is 16.8. The average Bonchev–Trinajstić information content (AvgIpc) is 2.05. The van der Waals surface area contributed by atoms with Crippen LogP contribution in [0.15, 0.2) is 18.2 Å². The summed E-state index contributed by atoms with van der Waals surface area (Å²) in [5.41, 5.74) is 1.27. The van der Waals surface area contributed by atoms with E-state index in [4.69, 9.17) is 34.8 Å². The molecular weight excluding hydrogens is 260 g/mol. The van der Waals surface area contributed by atoms with Crippen LogP contribution >= 0.6 is 34.8 Å². The summed E-state index contributed by atoms with van der Waals surface area (Å²) in [5.74, 6) is 0. The smallest absolute Gasteiger partial charge is 0.258 e. The zero-order valence-electron chi connectivity index (χ0n) is 7.84. The molecule has 0 heterocycles. The molecule has 1 aromatic rings. The van der Waals surface area contributed by atoms with E-state index in [-0.39, 0.29) is 12.1 Å². The first-order valence-electron chi connectivity index (χ1n) is 4.10. The van der Waals surface area contributed by atoms with Gasteiger partial charge in [0.15, 0.2) is 3.79 Å². The van der Waals surface area contributed by atoms with Gasteiger partial charge in [0.1, 0.15) is 0 Å². The zero-order chi connectivity index (χ0) is 11.6. The van der Waals surface area contributed by atoms with Gasteiger partial charge in [-0.15, -0.1) is 0 Å². The fourth-order valence-electron chi connectivity index (χ4n) is 1.19. The molecule has 0 atom stereocenters. The van der Waals surface area contributed by atoms with E-state index in [9.17, 15) is 10.1 Å². The van der Waals surface area contributed by atoms with E-state index in [1.54, 1.807) is 19.1 Å². The van der Waals surface area contributed by atoms with Crippen molar-refractivity contribution >= 4 is 40.5 Å². The Labute approximate surface area is 102 Å². The standard InChI is InChI=1S/C9H8Cl3NO2/c1-6-2-3-7(5-9(10,11)12)4-8(6)13(14)15/h2-4H,5H2,1H3. The van der Waals surface area contributed by atoms with Crippen molar-refractivity contribution in [1.82, 2.24) is 0 Å². The molecule has 82 valence electrons. The number of hydrogen-bond acceptors (Lipinski definition) is 2. The molecule has 0 amide bonds. The first-order chi connectivity index (χ1) is 6.79. The number of alkyl halides is 3. The van der Waals surface area contributed by atoms with Crippen molar-refractivity contribution < 1.29 is 4.92 Å². The molecule has 3 nitrogen and oxygen atoms in total. The molecule has 0 saturated carbocycles. The van der Waals surface area contributed by atoms with E-state index in [0.29, 0.717) is 11.1 Å². The van der Waals surface area contributed by atoms with Crippen LogP contribution < -0.4 is 0 Å². The first-order valence-corrected chi connectivity index (χ1v) is 5.23. The zero-order valence-corrected chi connectivity index (χ0v) is 10.1. The molecule has 0 spiro atoms. The summed E-state index contributed by atoms with van der Waals surface area (Å²) in [5, 5.41) is 10.6. The van der Waals surface area contributed by atoms with Gasteiger partial charge in [-0.3, -0.25) is 10.1 Å². The lowest BCUT2D eigenvalue weighted by molar-refractivity contribution is -0.385. The van der Waals surface area contributed by atoms with Crippen LogP contribution in [-0.2, 0) is 6.42 Å². The second kappa shape index (κ2) is 4.56. The second-order valence-electron chi connectivity index (χ2n) is 3.17. The Morgan fingerprint density at radius 3 is 2.47 bits per heavy atom. The van der Waals surface area contributed by atoms with Gasteiger partial charge < -0.3 is 0 Å². The van der Waals surface area contributed by atoms with Gasteiger partial charge in [0.2, 0.25) is 0 Å². The minimum atomic E-state index is -1.43. The Kier molecular flexibility index (Phi) is 3.82. The maximum atomic E-state index is 10.6. The Morgan fingerprint density at radius 2 is 2.00 bits per heavy atom. The van der Waals surface area contributed by atoms with E-state index in [1.165, 1.54) is 6.07 Å². The molecule has 0 N–H and O–H groups in total. The third-order valence-electron chi connectivity index (χ3n) is 1.87. The van der Waals surface area contributed by atoms with E-state index in [1.807, 2.05) is 0 Å². The normalized spacial score (nSPS) is 11.5. The Balaban J connectivity index is 3.03. The van der Waals surface area contributed by atoms with Crippen LogP contribution in [0, 0.1) is 17.0 Å². The monoisotopic (exact) mass is 267 g/mol. The first kappa shape index (κ1) is 12.6. The van der Waals surface area contributed by atoms with Crippen LogP contribution in [0.5, 0.6) is 0 Å². The maximum absolute atomic E-state index is 10.6. The molecule has 0 aliphatic heterocycles. The third kappa shape index (κ3) is 3.86. The fraction of sp³-hybridized carbons (Fsp3) is 0.333. The van der Waals surface area contributed by atoms with Gasteiger partial charge >= 0.3 is 0 Å². The van der Waals surface area contributed by atoms with Crippen LogP contribution in [0.1, 0.15) is 11.1 Å². The van der Waals surface area contributed by atoms with Crippen molar-refractivity contribution in [2.75, 3.05) is 0 Å². The van der Waals surface area contributed by atoms with E-state index in [0.717, 1.165) is 0 Å². The van der Waals surface area contributed by atoms with Gasteiger partial charge in [0, 0.05) is 18.1 Å². The van der Waals surface area contributed by atoms with Crippen LogP contribution in [0.3, 0.4) is 0 Å². The molecule has 15 heavy (non-hydrogen) atoms. The van der Waals surface area contributed by atoms with Crippen LogP contribution in [0.25, 0.3) is 0 Å². The number of nitrogens with zero attached hydrogens (tertiary/aromatic N) is 1. The average molecular weight is 269 g/mol. The van der Waals surface area contributed by atoms with Crippen LogP contribution in [-0.4, -0.2) is 8.72 Å². The SMILES string of the molecule is Cc1ccc(CC(Cl)(Cl)Cl)cc1[N+](=O)[O-]. The lowest BCUT2D eigenvalue weighted by Crippen LogP contribution is -2.07. The van der Waals surface area contributed by atoms with Gasteiger partial charge in [-0.1, -0.05) is 46.9 Å². The number of rotatable bonds is 2. The highest BCUT2D eigenvalue weighted by molar-refractivity contribution is 6.67. The number of halogens is 3. The molecule has 0 unspecified atom stereocenters. The van der Waals surface area contributed by atoms with Crippen LogP contribution in [0.4, 0.5) is 5.69 Å². The second-order valence-corrected chi connectivity index (χ2v) is 5.69. The molecule has 0 radical (unpaired) electrons. The molecular formula is C9H8Cl3NO2. The Hall–Kier alpha value is -0.510. The van der Waals surface area contributed by atoms with Gasteiger partial charge in [-0.05, 0) is 12.5 Å². The topological polar surface area (TPSA) is 43.1 Å². The number of hydrogen-bond donors (Lipinski definition) is 0. The number of aryl methyl sites for hydroxylation is 1. The van der Waals surface area contributed by atoms with Crippen molar-refractivity contribution in [3.05, 3.63) is 39.4 Å². The van der Waals surface area contributed by atoms with Crippen molar-refractivity contribution in [3.8, 4) is 0 Å². The predicted molar refractivity (Wildman–Crippen MR) is 61.8 cm³/mol. The van der Waals surface area contributed by atoms with Crippen molar-refractivity contribution in [2.24, 2.45) is 0 Å². The van der Waals surface area contributed by atoms with E-state index < -0.39 is 8.72 Å². The third-order valence-corrected chi connectivity index (χ3v) is 2.28. The lowest BCUT2D eigenvalue weighted by Gasteiger charge is -2.10. The molecule has 1 rings (SSSR count). The molecule has 1 aromatic carbocycles. The van der Waals surface area contributed by atoms with Crippen molar-refractivity contribution in [1.29, 1.82) is 0 Å². The summed E-state index contributed by atoms with van der Waals surface area (Å²) in [6.45, 7) is 1.66. The summed E-state index contributed by atoms with van der Waals surface area (Å²) in [6, 6.07) is 4.78. The maximum Gasteiger partial charge on any atom is 0.272 e. The molecule has 6 heteroatoms. The highest BCUT2D eigenvalue weighted by atomic mass is 35.6. The van der Waals surface area contributed by atoms with Gasteiger partial charge in [0.05, 0.1) is 4.92 Å². The molecule has 0 saturated heterocycles. The minimum absolute atomic E-state index is 0.0433.